The highest BCUT2D eigenvalue weighted by atomic mass is 32.2. The van der Waals surface area contributed by atoms with Gasteiger partial charge in [0.25, 0.3) is 0 Å². The van der Waals surface area contributed by atoms with E-state index >= 15 is 0 Å². The van der Waals surface area contributed by atoms with Crippen LogP contribution in [0.4, 0.5) is 29.0 Å². The van der Waals surface area contributed by atoms with Gasteiger partial charge in [0, 0.05) is 43.6 Å². The van der Waals surface area contributed by atoms with Gasteiger partial charge in [0.05, 0.1) is 0 Å². The van der Waals surface area contributed by atoms with Gasteiger partial charge in [0.2, 0.25) is 5.95 Å². The number of nitrogens with one attached hydrogen (secondary N) is 3. The van der Waals surface area contributed by atoms with Crippen LogP contribution in [0.1, 0.15) is 5.69 Å². The van der Waals surface area contributed by atoms with Gasteiger partial charge in [-0.2, -0.15) is 17.7 Å². The Morgan fingerprint density at radius 1 is 0.765 bits per heavy atom. The predicted molar refractivity (Wildman–Crippen MR) is 131 cm³/mol. The summed E-state index contributed by atoms with van der Waals surface area (Å²) in [6, 6.07) is 15.9. The van der Waals surface area contributed by atoms with E-state index in [1.165, 1.54) is 14.1 Å². The monoisotopic (exact) mass is 477 g/mol. The minimum Gasteiger partial charge on any atom is -0.325 e. The molecule has 11 nitrogen and oxygen atoms in total. The van der Waals surface area contributed by atoms with Gasteiger partial charge in [0.15, 0.2) is 5.82 Å². The van der Waals surface area contributed by atoms with Crippen molar-refractivity contribution in [3.05, 3.63) is 72.7 Å². The van der Waals surface area contributed by atoms with Crippen molar-refractivity contribution in [3.8, 4) is 11.5 Å². The van der Waals surface area contributed by atoms with Crippen LogP contribution in [0.3, 0.4) is 0 Å². The van der Waals surface area contributed by atoms with Crippen molar-refractivity contribution in [1.82, 2.24) is 29.2 Å². The van der Waals surface area contributed by atoms with Gasteiger partial charge in [-0.05, 0) is 55.5 Å². The van der Waals surface area contributed by atoms with Crippen LogP contribution in [0.5, 0.6) is 0 Å². The average Bonchev–Trinajstić information content (AvgIpc) is 2.80. The highest BCUT2D eigenvalue weighted by Gasteiger charge is 2.12. The number of rotatable bonds is 8. The maximum absolute atomic E-state index is 11.9. The Morgan fingerprint density at radius 3 is 2.15 bits per heavy atom. The number of benzene rings is 1. The fourth-order valence-corrected chi connectivity index (χ4v) is 3.45. The van der Waals surface area contributed by atoms with E-state index in [0.717, 1.165) is 10.00 Å². The van der Waals surface area contributed by atoms with Crippen molar-refractivity contribution >= 4 is 39.2 Å². The molecular weight excluding hydrogens is 454 g/mol. The minimum atomic E-state index is -3.57. The summed E-state index contributed by atoms with van der Waals surface area (Å²) in [5.74, 6) is 1.97. The molecule has 0 unspecified atom stereocenters. The van der Waals surface area contributed by atoms with Crippen LogP contribution in [0.15, 0.2) is 67.0 Å². The second-order valence-corrected chi connectivity index (χ2v) is 9.30. The molecule has 0 bridgehead atoms. The SMILES string of the molecule is Cc1cccc(-c2nccc(Nc3ccnc(Nc4ccc(NS(=O)(=O)N(C)C)cc4)n3)n2)n1. The Hall–Kier alpha value is -4.16. The summed E-state index contributed by atoms with van der Waals surface area (Å²) in [5, 5.41) is 6.24. The minimum absolute atomic E-state index is 0.362. The average molecular weight is 478 g/mol. The van der Waals surface area contributed by atoms with Crippen LogP contribution < -0.4 is 15.4 Å². The highest BCUT2D eigenvalue weighted by Crippen LogP contribution is 2.20. The number of pyridine rings is 1. The Balaban J connectivity index is 1.45. The lowest BCUT2D eigenvalue weighted by Gasteiger charge is -2.13. The molecule has 34 heavy (non-hydrogen) atoms. The molecule has 0 aliphatic carbocycles. The third-order valence-corrected chi connectivity index (χ3v) is 6.01. The number of aromatic nitrogens is 5. The number of anilines is 5. The molecule has 3 heterocycles. The van der Waals surface area contributed by atoms with Crippen molar-refractivity contribution < 1.29 is 8.42 Å². The number of nitrogens with zero attached hydrogens (tertiary/aromatic N) is 6. The molecule has 12 heteroatoms. The van der Waals surface area contributed by atoms with Gasteiger partial charge in [-0.3, -0.25) is 4.72 Å². The molecule has 0 saturated carbocycles. The second kappa shape index (κ2) is 9.77. The normalized spacial score (nSPS) is 11.3. The summed E-state index contributed by atoms with van der Waals surface area (Å²) in [6.45, 7) is 1.91. The fraction of sp³-hybridized carbons (Fsp3) is 0.136. The van der Waals surface area contributed by atoms with Crippen molar-refractivity contribution in [2.45, 2.75) is 6.92 Å². The summed E-state index contributed by atoms with van der Waals surface area (Å²) in [6.07, 6.45) is 3.27. The Labute approximate surface area is 197 Å². The molecule has 4 rings (SSSR count). The summed E-state index contributed by atoms with van der Waals surface area (Å²) in [5.41, 5.74) is 2.71. The Morgan fingerprint density at radius 2 is 1.44 bits per heavy atom. The van der Waals surface area contributed by atoms with E-state index in [2.05, 4.69) is 40.3 Å². The highest BCUT2D eigenvalue weighted by molar-refractivity contribution is 7.90. The largest absolute Gasteiger partial charge is 0.325 e. The zero-order valence-corrected chi connectivity index (χ0v) is 19.6. The lowest BCUT2D eigenvalue weighted by Crippen LogP contribution is -2.28. The van der Waals surface area contributed by atoms with Crippen molar-refractivity contribution in [2.24, 2.45) is 0 Å². The van der Waals surface area contributed by atoms with Crippen molar-refractivity contribution in [2.75, 3.05) is 29.5 Å². The smallest absolute Gasteiger partial charge is 0.301 e. The number of hydrogen-bond acceptors (Lipinski definition) is 9. The van der Waals surface area contributed by atoms with Gasteiger partial charge >= 0.3 is 10.2 Å². The molecule has 3 N–H and O–H groups in total. The lowest BCUT2D eigenvalue weighted by molar-refractivity contribution is 0.527. The van der Waals surface area contributed by atoms with E-state index < -0.39 is 10.2 Å². The van der Waals surface area contributed by atoms with Crippen LogP contribution in [0.2, 0.25) is 0 Å². The fourth-order valence-electron chi connectivity index (χ4n) is 2.83. The second-order valence-electron chi connectivity index (χ2n) is 7.41. The van der Waals surface area contributed by atoms with E-state index in [0.29, 0.717) is 40.5 Å². The Bertz CT molecular complexity index is 1390. The Kier molecular flexibility index (Phi) is 6.61. The zero-order valence-electron chi connectivity index (χ0n) is 18.8. The lowest BCUT2D eigenvalue weighted by atomic mass is 10.3. The third kappa shape index (κ3) is 5.79. The molecule has 0 atom stereocenters. The maximum Gasteiger partial charge on any atom is 0.301 e. The molecule has 4 aromatic rings. The maximum atomic E-state index is 11.9. The molecule has 174 valence electrons. The van der Waals surface area contributed by atoms with Crippen LogP contribution in [-0.4, -0.2) is 51.7 Å². The summed E-state index contributed by atoms with van der Waals surface area (Å²) < 4.78 is 27.5. The summed E-state index contributed by atoms with van der Waals surface area (Å²) >= 11 is 0. The summed E-state index contributed by atoms with van der Waals surface area (Å²) in [7, 11) is -0.652. The van der Waals surface area contributed by atoms with Crippen LogP contribution in [0.25, 0.3) is 11.5 Å². The van der Waals surface area contributed by atoms with Gasteiger partial charge in [-0.25, -0.2) is 19.9 Å². The first-order chi connectivity index (χ1) is 16.3. The van der Waals surface area contributed by atoms with Crippen molar-refractivity contribution in [3.63, 3.8) is 0 Å². The standard InChI is InChI=1S/C22H23N9O2S/c1-15-5-4-6-18(25-15)21-23-13-11-19(28-21)27-20-12-14-24-22(29-20)26-16-7-9-17(10-8-16)30-34(32,33)31(2)3/h4-14,30H,1-3H3,(H2,23,24,26,27,28,29). The topological polar surface area (TPSA) is 138 Å². The van der Waals surface area contributed by atoms with Crippen LogP contribution in [-0.2, 0) is 10.2 Å². The number of aryl methyl sites for hydroxylation is 1. The van der Waals surface area contributed by atoms with E-state index in [4.69, 9.17) is 0 Å². The molecule has 0 amide bonds. The van der Waals surface area contributed by atoms with E-state index in [1.807, 2.05) is 25.1 Å². The number of hydrogen-bond donors (Lipinski definition) is 3. The van der Waals surface area contributed by atoms with E-state index in [1.54, 1.807) is 48.8 Å². The first-order valence-electron chi connectivity index (χ1n) is 10.2. The van der Waals surface area contributed by atoms with E-state index in [-0.39, 0.29) is 0 Å². The van der Waals surface area contributed by atoms with Crippen LogP contribution in [0, 0.1) is 6.92 Å². The molecule has 0 spiro atoms. The van der Waals surface area contributed by atoms with E-state index in [9.17, 15) is 8.42 Å². The molecule has 0 fully saturated rings. The van der Waals surface area contributed by atoms with Crippen LogP contribution >= 0.6 is 0 Å². The third-order valence-electron chi connectivity index (χ3n) is 4.55. The van der Waals surface area contributed by atoms with Crippen molar-refractivity contribution in [1.29, 1.82) is 0 Å². The van der Waals surface area contributed by atoms with Gasteiger partial charge in [-0.1, -0.05) is 6.07 Å². The van der Waals surface area contributed by atoms with Gasteiger partial charge in [-0.15, -0.1) is 0 Å². The molecule has 3 aromatic heterocycles. The van der Waals surface area contributed by atoms with Gasteiger partial charge < -0.3 is 10.6 Å². The molecule has 0 aliphatic rings. The first-order valence-corrected chi connectivity index (χ1v) is 11.7. The quantitative estimate of drug-likeness (QED) is 0.349. The molecule has 0 saturated heterocycles. The molecule has 0 aliphatic heterocycles. The molecule has 1 aromatic carbocycles. The first kappa shape index (κ1) is 23.0. The molecular formula is C22H23N9O2S. The predicted octanol–water partition coefficient (Wildman–Crippen LogP) is 3.34. The summed E-state index contributed by atoms with van der Waals surface area (Å²) in [4.78, 5) is 22.0. The molecule has 0 radical (unpaired) electrons. The zero-order chi connectivity index (χ0) is 24.1. The van der Waals surface area contributed by atoms with Gasteiger partial charge in [0.1, 0.15) is 17.3 Å².